The Kier molecular flexibility index (Phi) is 5.68. The van der Waals surface area contributed by atoms with E-state index in [1.54, 1.807) is 0 Å². The minimum atomic E-state index is 0.282. The monoisotopic (exact) mass is 253 g/mol. The Balaban J connectivity index is 2.26. The first kappa shape index (κ1) is 15.5. The summed E-state index contributed by atoms with van der Waals surface area (Å²) in [5, 5.41) is 3.10. The van der Waals surface area contributed by atoms with Crippen LogP contribution < -0.4 is 5.32 Å². The summed E-state index contributed by atoms with van der Waals surface area (Å²) in [5.74, 6) is 2.00. The molecule has 1 rings (SSSR count). The van der Waals surface area contributed by atoms with Crippen LogP contribution in [0.15, 0.2) is 0 Å². The van der Waals surface area contributed by atoms with E-state index in [-0.39, 0.29) is 5.92 Å². The molecule has 2 nitrogen and oxygen atoms in total. The number of hydrogen-bond donors (Lipinski definition) is 1. The Bertz CT molecular complexity index is 265. The third-order valence-electron chi connectivity index (χ3n) is 3.83. The van der Waals surface area contributed by atoms with Gasteiger partial charge in [0.2, 0.25) is 5.91 Å². The van der Waals surface area contributed by atoms with Crippen molar-refractivity contribution in [3.63, 3.8) is 0 Å². The van der Waals surface area contributed by atoms with Crippen LogP contribution in [0.5, 0.6) is 0 Å². The van der Waals surface area contributed by atoms with E-state index in [4.69, 9.17) is 0 Å². The van der Waals surface area contributed by atoms with Gasteiger partial charge >= 0.3 is 0 Å². The average molecular weight is 253 g/mol. The smallest absolute Gasteiger partial charge is 0.223 e. The van der Waals surface area contributed by atoms with Crippen molar-refractivity contribution in [2.24, 2.45) is 23.2 Å². The lowest BCUT2D eigenvalue weighted by atomic mass is 9.83. The summed E-state index contributed by atoms with van der Waals surface area (Å²) in [4.78, 5) is 12.0. The lowest BCUT2D eigenvalue weighted by molar-refractivity contribution is -0.124. The van der Waals surface area contributed by atoms with Crippen LogP contribution in [-0.4, -0.2) is 12.5 Å². The quantitative estimate of drug-likeness (QED) is 0.788. The highest BCUT2D eigenvalue weighted by atomic mass is 16.1. The molecule has 0 aromatic rings. The molecule has 2 heteroatoms. The van der Waals surface area contributed by atoms with Crippen molar-refractivity contribution in [3.05, 3.63) is 0 Å². The summed E-state index contributed by atoms with van der Waals surface area (Å²) in [6, 6.07) is 0. The maximum atomic E-state index is 12.0. The molecule has 0 aromatic heterocycles. The van der Waals surface area contributed by atoms with Crippen LogP contribution in [0, 0.1) is 23.2 Å². The SMILES string of the molecule is CC(C)CCNC(=O)[C@@H]1CC[C@H](CC(C)(C)C)C1. The van der Waals surface area contributed by atoms with Crippen LogP contribution in [0.25, 0.3) is 0 Å². The predicted octanol–water partition coefficient (Wildman–Crippen LogP) is 4.00. The summed E-state index contributed by atoms with van der Waals surface area (Å²) in [6.07, 6.45) is 5.77. The van der Waals surface area contributed by atoms with Crippen LogP contribution in [-0.2, 0) is 4.79 Å². The molecule has 0 aliphatic heterocycles. The van der Waals surface area contributed by atoms with Gasteiger partial charge in [-0.25, -0.2) is 0 Å². The Morgan fingerprint density at radius 3 is 2.50 bits per heavy atom. The maximum absolute atomic E-state index is 12.0. The van der Waals surface area contributed by atoms with Gasteiger partial charge in [-0.2, -0.15) is 0 Å². The molecule has 0 unspecified atom stereocenters. The first-order valence-corrected chi connectivity index (χ1v) is 7.55. The molecule has 2 atom stereocenters. The molecule has 0 radical (unpaired) electrons. The summed E-state index contributed by atoms with van der Waals surface area (Å²) in [6.45, 7) is 12.1. The number of rotatable bonds is 5. The maximum Gasteiger partial charge on any atom is 0.223 e. The molecule has 1 fully saturated rings. The highest BCUT2D eigenvalue weighted by Gasteiger charge is 2.31. The third kappa shape index (κ3) is 5.88. The molecular weight excluding hydrogens is 222 g/mol. The average Bonchev–Trinajstić information content (AvgIpc) is 2.62. The second-order valence-corrected chi connectivity index (χ2v) is 7.61. The van der Waals surface area contributed by atoms with Crippen LogP contribution in [0.2, 0.25) is 0 Å². The number of amides is 1. The van der Waals surface area contributed by atoms with Gasteiger partial charge in [-0.15, -0.1) is 0 Å². The Morgan fingerprint density at radius 1 is 1.28 bits per heavy atom. The Labute approximate surface area is 113 Å². The fourth-order valence-corrected chi connectivity index (χ4v) is 2.99. The fraction of sp³-hybridized carbons (Fsp3) is 0.938. The van der Waals surface area contributed by atoms with Crippen molar-refractivity contribution < 1.29 is 4.79 Å². The summed E-state index contributed by atoms with van der Waals surface area (Å²) < 4.78 is 0. The second-order valence-electron chi connectivity index (χ2n) is 7.61. The van der Waals surface area contributed by atoms with Crippen molar-refractivity contribution in [2.75, 3.05) is 6.54 Å². The molecule has 0 saturated heterocycles. The van der Waals surface area contributed by atoms with Gasteiger partial charge in [-0.1, -0.05) is 34.6 Å². The topological polar surface area (TPSA) is 29.1 Å². The lowest BCUT2D eigenvalue weighted by Gasteiger charge is -2.22. The van der Waals surface area contributed by atoms with Gasteiger partial charge in [0.05, 0.1) is 0 Å². The highest BCUT2D eigenvalue weighted by Crippen LogP contribution is 2.38. The molecule has 1 aliphatic rings. The minimum Gasteiger partial charge on any atom is -0.356 e. The molecule has 0 spiro atoms. The fourth-order valence-electron chi connectivity index (χ4n) is 2.99. The van der Waals surface area contributed by atoms with Crippen LogP contribution in [0.4, 0.5) is 0 Å². The zero-order chi connectivity index (χ0) is 13.8. The van der Waals surface area contributed by atoms with E-state index in [0.29, 0.717) is 17.2 Å². The molecule has 18 heavy (non-hydrogen) atoms. The van der Waals surface area contributed by atoms with Gasteiger partial charge in [-0.3, -0.25) is 4.79 Å². The molecule has 0 bridgehead atoms. The molecule has 1 aliphatic carbocycles. The standard InChI is InChI=1S/C16H31NO/c1-12(2)8-9-17-15(18)14-7-6-13(10-14)11-16(3,4)5/h12-14H,6-11H2,1-5H3,(H,17,18)/t13-,14+/m0/s1. The molecule has 106 valence electrons. The lowest BCUT2D eigenvalue weighted by Crippen LogP contribution is -2.31. The van der Waals surface area contributed by atoms with Gasteiger partial charge in [0.15, 0.2) is 0 Å². The van der Waals surface area contributed by atoms with E-state index in [2.05, 4.69) is 39.9 Å². The van der Waals surface area contributed by atoms with E-state index in [1.165, 1.54) is 12.8 Å². The summed E-state index contributed by atoms with van der Waals surface area (Å²) >= 11 is 0. The van der Waals surface area contributed by atoms with E-state index in [1.807, 2.05) is 0 Å². The van der Waals surface area contributed by atoms with E-state index < -0.39 is 0 Å². The number of nitrogens with one attached hydrogen (secondary N) is 1. The van der Waals surface area contributed by atoms with Crippen LogP contribution in [0.3, 0.4) is 0 Å². The largest absolute Gasteiger partial charge is 0.356 e. The molecular formula is C16H31NO. The molecule has 1 amide bonds. The van der Waals surface area contributed by atoms with Crippen LogP contribution >= 0.6 is 0 Å². The first-order valence-electron chi connectivity index (χ1n) is 7.55. The van der Waals surface area contributed by atoms with Gasteiger partial charge in [0, 0.05) is 12.5 Å². The van der Waals surface area contributed by atoms with Crippen molar-refractivity contribution in [2.45, 2.75) is 66.7 Å². The Morgan fingerprint density at radius 2 is 1.94 bits per heavy atom. The molecule has 0 aromatic carbocycles. The number of hydrogen-bond acceptors (Lipinski definition) is 1. The van der Waals surface area contributed by atoms with Gasteiger partial charge < -0.3 is 5.32 Å². The highest BCUT2D eigenvalue weighted by molar-refractivity contribution is 5.78. The van der Waals surface area contributed by atoms with Crippen molar-refractivity contribution >= 4 is 5.91 Å². The molecule has 0 heterocycles. The molecule has 1 N–H and O–H groups in total. The van der Waals surface area contributed by atoms with E-state index in [9.17, 15) is 4.79 Å². The Hall–Kier alpha value is -0.530. The normalized spacial score (nSPS) is 24.6. The summed E-state index contributed by atoms with van der Waals surface area (Å²) in [7, 11) is 0. The number of carbonyl (C=O) groups is 1. The van der Waals surface area contributed by atoms with Crippen LogP contribution in [0.1, 0.15) is 66.7 Å². The third-order valence-corrected chi connectivity index (χ3v) is 3.83. The van der Waals surface area contributed by atoms with E-state index >= 15 is 0 Å². The van der Waals surface area contributed by atoms with Crippen molar-refractivity contribution in [1.82, 2.24) is 5.32 Å². The van der Waals surface area contributed by atoms with Crippen molar-refractivity contribution in [3.8, 4) is 0 Å². The predicted molar refractivity (Wildman–Crippen MR) is 77.4 cm³/mol. The van der Waals surface area contributed by atoms with E-state index in [0.717, 1.165) is 31.7 Å². The van der Waals surface area contributed by atoms with Gasteiger partial charge in [0.1, 0.15) is 0 Å². The minimum absolute atomic E-state index is 0.282. The van der Waals surface area contributed by atoms with Gasteiger partial charge in [-0.05, 0) is 49.4 Å². The zero-order valence-electron chi connectivity index (χ0n) is 12.9. The zero-order valence-corrected chi connectivity index (χ0v) is 12.9. The summed E-state index contributed by atoms with van der Waals surface area (Å²) in [5.41, 5.74) is 0.397. The first-order chi connectivity index (χ1) is 8.28. The van der Waals surface area contributed by atoms with Crippen molar-refractivity contribution in [1.29, 1.82) is 0 Å². The van der Waals surface area contributed by atoms with Gasteiger partial charge in [0.25, 0.3) is 0 Å². The molecule has 1 saturated carbocycles. The second kappa shape index (κ2) is 6.58. The number of carbonyl (C=O) groups excluding carboxylic acids is 1.